The molecule has 188 valence electrons. The van der Waals surface area contributed by atoms with Gasteiger partial charge in [-0.25, -0.2) is 9.79 Å². The number of carbonyl (C=O) groups is 1. The monoisotopic (exact) mass is 548 g/mol. The van der Waals surface area contributed by atoms with Gasteiger partial charge in [0.05, 0.1) is 41.7 Å². The fourth-order valence-electron chi connectivity index (χ4n) is 3.98. The summed E-state index contributed by atoms with van der Waals surface area (Å²) in [5.41, 5.74) is 0.976. The summed E-state index contributed by atoms with van der Waals surface area (Å²) in [4.78, 5) is 31.7. The molecule has 2 heterocycles. The van der Waals surface area contributed by atoms with Gasteiger partial charge in [-0.2, -0.15) is 0 Å². The van der Waals surface area contributed by atoms with Gasteiger partial charge in [0.25, 0.3) is 5.56 Å². The second kappa shape index (κ2) is 10.4. The van der Waals surface area contributed by atoms with Gasteiger partial charge in [-0.1, -0.05) is 34.5 Å². The maximum absolute atomic E-state index is 13.8. The summed E-state index contributed by atoms with van der Waals surface area (Å²) in [7, 11) is 3.02. The number of hydrogen-bond acceptors (Lipinski definition) is 8. The van der Waals surface area contributed by atoms with Gasteiger partial charge in [0.2, 0.25) is 0 Å². The number of benzene rings is 2. The molecule has 0 bridgehead atoms. The van der Waals surface area contributed by atoms with Gasteiger partial charge in [-0.05, 0) is 50.3 Å². The van der Waals surface area contributed by atoms with Crippen LogP contribution >= 0.6 is 34.5 Å². The fourth-order valence-corrected chi connectivity index (χ4v) is 5.52. The van der Waals surface area contributed by atoms with Crippen LogP contribution in [0, 0.1) is 0 Å². The molecule has 1 N–H and O–H groups in total. The second-order valence-corrected chi connectivity index (χ2v) is 9.59. The number of methoxy groups -OCH3 is 2. The number of phenols is 1. The van der Waals surface area contributed by atoms with Crippen molar-refractivity contribution in [2.75, 3.05) is 20.8 Å². The van der Waals surface area contributed by atoms with Gasteiger partial charge < -0.3 is 19.3 Å². The first-order valence-electron chi connectivity index (χ1n) is 10.8. The lowest BCUT2D eigenvalue weighted by atomic mass is 9.94. The molecule has 1 unspecified atom stereocenters. The number of aromatic hydroxyl groups is 1. The van der Waals surface area contributed by atoms with E-state index in [1.807, 2.05) is 0 Å². The zero-order valence-corrected chi connectivity index (χ0v) is 22.1. The molecule has 8 nitrogen and oxygen atoms in total. The van der Waals surface area contributed by atoms with Crippen molar-refractivity contribution < 1.29 is 24.1 Å². The van der Waals surface area contributed by atoms with Crippen LogP contribution in [0.15, 0.2) is 51.4 Å². The number of rotatable bonds is 6. The molecule has 11 heteroatoms. The Bertz CT molecular complexity index is 1570. The van der Waals surface area contributed by atoms with E-state index in [-0.39, 0.29) is 33.0 Å². The van der Waals surface area contributed by atoms with Crippen LogP contribution in [0.25, 0.3) is 6.08 Å². The fraction of sp³-hybridized carbons (Fsp3) is 0.240. The number of phenolic OH excluding ortho intramolecular Hbond substituents is 1. The predicted molar refractivity (Wildman–Crippen MR) is 138 cm³/mol. The molecule has 0 fully saturated rings. The van der Waals surface area contributed by atoms with Crippen molar-refractivity contribution in [3.8, 4) is 17.2 Å². The largest absolute Gasteiger partial charge is 0.506 e. The van der Waals surface area contributed by atoms with Crippen molar-refractivity contribution >= 4 is 46.6 Å². The van der Waals surface area contributed by atoms with Crippen LogP contribution in [0.4, 0.5) is 0 Å². The minimum absolute atomic E-state index is 0.0564. The number of halogens is 2. The van der Waals surface area contributed by atoms with Crippen molar-refractivity contribution in [3.05, 3.63) is 82.5 Å². The van der Waals surface area contributed by atoms with Crippen molar-refractivity contribution in [3.63, 3.8) is 0 Å². The Kier molecular flexibility index (Phi) is 7.44. The third-order valence-corrected chi connectivity index (χ3v) is 7.08. The number of allylic oxidation sites excluding steroid dienone is 1. The number of fused-ring (bicyclic) bond motifs is 1. The van der Waals surface area contributed by atoms with Gasteiger partial charge in [0, 0.05) is 16.1 Å². The van der Waals surface area contributed by atoms with Crippen LogP contribution in [0.1, 0.15) is 31.0 Å². The van der Waals surface area contributed by atoms with E-state index in [0.717, 1.165) is 11.3 Å². The third kappa shape index (κ3) is 4.61. The highest BCUT2D eigenvalue weighted by Crippen LogP contribution is 2.38. The molecule has 1 aliphatic heterocycles. The molecule has 36 heavy (non-hydrogen) atoms. The quantitative estimate of drug-likeness (QED) is 0.470. The first-order valence-corrected chi connectivity index (χ1v) is 12.4. The molecule has 0 amide bonds. The number of ether oxygens (including phenoxy) is 3. The van der Waals surface area contributed by atoms with Crippen molar-refractivity contribution in [2.45, 2.75) is 19.9 Å². The minimum atomic E-state index is -0.899. The van der Waals surface area contributed by atoms with E-state index < -0.39 is 17.6 Å². The Balaban J connectivity index is 2.04. The Morgan fingerprint density at radius 3 is 2.64 bits per heavy atom. The molecule has 3 aromatic rings. The summed E-state index contributed by atoms with van der Waals surface area (Å²) >= 11 is 13.3. The zero-order valence-electron chi connectivity index (χ0n) is 19.8. The van der Waals surface area contributed by atoms with Crippen molar-refractivity contribution in [1.82, 2.24) is 4.57 Å². The summed E-state index contributed by atoms with van der Waals surface area (Å²) in [6, 6.07) is 7.14. The normalized spacial score (nSPS) is 15.4. The Morgan fingerprint density at radius 2 is 1.97 bits per heavy atom. The highest BCUT2D eigenvalue weighted by molar-refractivity contribution is 7.07. The van der Waals surface area contributed by atoms with Gasteiger partial charge in [0.15, 0.2) is 4.80 Å². The minimum Gasteiger partial charge on any atom is -0.506 e. The van der Waals surface area contributed by atoms with E-state index in [1.165, 1.54) is 37.0 Å². The first kappa shape index (κ1) is 25.8. The number of carbonyl (C=O) groups excluding carboxylic acids is 1. The smallest absolute Gasteiger partial charge is 0.338 e. The topological polar surface area (TPSA) is 99.4 Å². The van der Waals surface area contributed by atoms with Crippen LogP contribution in [0.5, 0.6) is 17.2 Å². The lowest BCUT2D eigenvalue weighted by Gasteiger charge is -2.26. The Hall–Kier alpha value is -3.27. The van der Waals surface area contributed by atoms with E-state index in [4.69, 9.17) is 37.4 Å². The molecule has 1 atom stereocenters. The van der Waals surface area contributed by atoms with Crippen molar-refractivity contribution in [2.24, 2.45) is 4.99 Å². The zero-order chi connectivity index (χ0) is 26.1. The molecule has 2 aromatic carbocycles. The van der Waals surface area contributed by atoms with Gasteiger partial charge >= 0.3 is 5.97 Å². The lowest BCUT2D eigenvalue weighted by Crippen LogP contribution is -2.40. The SMILES string of the molecule is CCOC(=O)C1=C(C)N=c2s/c(=C/c3cc(Cl)cc(Cl)c3O)c(=O)n2C1c1cc(OC)ccc1OC. The maximum Gasteiger partial charge on any atom is 0.338 e. The van der Waals surface area contributed by atoms with Crippen LogP contribution in [-0.4, -0.2) is 36.5 Å². The highest BCUT2D eigenvalue weighted by atomic mass is 35.5. The summed E-state index contributed by atoms with van der Waals surface area (Å²) in [6.07, 6.45) is 1.49. The highest BCUT2D eigenvalue weighted by Gasteiger charge is 2.35. The summed E-state index contributed by atoms with van der Waals surface area (Å²) < 4.78 is 18.0. The van der Waals surface area contributed by atoms with E-state index >= 15 is 0 Å². The van der Waals surface area contributed by atoms with E-state index in [9.17, 15) is 14.7 Å². The number of thiazole rings is 1. The lowest BCUT2D eigenvalue weighted by molar-refractivity contribution is -0.139. The molecule has 0 saturated heterocycles. The first-order chi connectivity index (χ1) is 17.2. The van der Waals surface area contributed by atoms with E-state index in [1.54, 1.807) is 32.0 Å². The molecule has 0 spiro atoms. The average Bonchev–Trinajstić information content (AvgIpc) is 3.15. The standard InChI is InChI=1S/C25H22Cl2N2O6S/c1-5-35-24(32)20-12(2)28-25-29(21(20)16-11-15(33-3)6-7-18(16)34-4)23(31)19(36-25)9-13-8-14(26)10-17(27)22(13)30/h6-11,21,30H,5H2,1-4H3/b19-9+. The molecular formula is C25H22Cl2N2O6S. The van der Waals surface area contributed by atoms with Gasteiger partial charge in [0.1, 0.15) is 23.3 Å². The number of nitrogens with zero attached hydrogens (tertiary/aromatic N) is 2. The van der Waals surface area contributed by atoms with Crippen LogP contribution < -0.4 is 24.4 Å². The molecular weight excluding hydrogens is 527 g/mol. The maximum atomic E-state index is 13.8. The molecule has 1 aromatic heterocycles. The Labute approximate surface area is 220 Å². The summed E-state index contributed by atoms with van der Waals surface area (Å²) in [5.74, 6) is 0.166. The average molecular weight is 549 g/mol. The molecule has 4 rings (SSSR count). The van der Waals surface area contributed by atoms with Crippen LogP contribution in [0.2, 0.25) is 10.0 Å². The molecule has 1 aliphatic rings. The van der Waals surface area contributed by atoms with Crippen molar-refractivity contribution in [1.29, 1.82) is 0 Å². The van der Waals surface area contributed by atoms with Crippen LogP contribution in [0.3, 0.4) is 0 Å². The van der Waals surface area contributed by atoms with E-state index in [0.29, 0.717) is 32.6 Å². The summed E-state index contributed by atoms with van der Waals surface area (Å²) in [5, 5.41) is 10.8. The van der Waals surface area contributed by atoms with Gasteiger partial charge in [-0.3, -0.25) is 9.36 Å². The molecule has 0 aliphatic carbocycles. The third-order valence-electron chi connectivity index (χ3n) is 5.59. The summed E-state index contributed by atoms with van der Waals surface area (Å²) in [6.45, 7) is 3.54. The Morgan fingerprint density at radius 1 is 1.22 bits per heavy atom. The molecule has 0 radical (unpaired) electrons. The van der Waals surface area contributed by atoms with Gasteiger partial charge in [-0.15, -0.1) is 0 Å². The second-order valence-electron chi connectivity index (χ2n) is 7.74. The molecule has 0 saturated carbocycles. The number of esters is 1. The number of aromatic nitrogens is 1. The predicted octanol–water partition coefficient (Wildman–Crippen LogP) is 3.83. The number of hydrogen-bond donors (Lipinski definition) is 1. The van der Waals surface area contributed by atoms with E-state index in [2.05, 4.69) is 4.99 Å². The van der Waals surface area contributed by atoms with Crippen LogP contribution in [-0.2, 0) is 9.53 Å².